The number of rotatable bonds is 6. The van der Waals surface area contributed by atoms with Crippen molar-refractivity contribution in [2.45, 2.75) is 26.4 Å². The fourth-order valence-electron chi connectivity index (χ4n) is 2.47. The summed E-state index contributed by atoms with van der Waals surface area (Å²) in [6.45, 7) is 6.18. The number of nitrogens with one attached hydrogen (secondary N) is 1. The molecule has 20 heavy (non-hydrogen) atoms. The first-order valence-corrected chi connectivity index (χ1v) is 7.14. The average Bonchev–Trinajstić information content (AvgIpc) is 2.48. The summed E-state index contributed by atoms with van der Waals surface area (Å²) in [4.78, 5) is 6.46. The molecule has 1 N–H and O–H groups in total. The highest BCUT2D eigenvalue weighted by molar-refractivity contribution is 5.54. The van der Waals surface area contributed by atoms with Gasteiger partial charge in [0.25, 0.3) is 0 Å². The van der Waals surface area contributed by atoms with Gasteiger partial charge in [0, 0.05) is 37.7 Å². The summed E-state index contributed by atoms with van der Waals surface area (Å²) < 4.78 is 0. The highest BCUT2D eigenvalue weighted by Gasteiger charge is 2.12. The maximum atomic E-state index is 4.18. The van der Waals surface area contributed by atoms with Crippen LogP contribution >= 0.6 is 0 Å². The van der Waals surface area contributed by atoms with Gasteiger partial charge in [0.15, 0.2) is 0 Å². The number of benzene rings is 1. The summed E-state index contributed by atoms with van der Waals surface area (Å²) in [6.07, 6.45) is 3.73. The van der Waals surface area contributed by atoms with Crippen LogP contribution in [0.15, 0.2) is 48.8 Å². The molecule has 0 fully saturated rings. The molecule has 0 aliphatic rings. The van der Waals surface area contributed by atoms with Crippen molar-refractivity contribution < 1.29 is 0 Å². The Balaban J connectivity index is 2.19. The third kappa shape index (κ3) is 3.58. The van der Waals surface area contributed by atoms with Crippen LogP contribution in [0.1, 0.15) is 31.0 Å². The van der Waals surface area contributed by atoms with E-state index in [2.05, 4.69) is 66.4 Å². The van der Waals surface area contributed by atoms with Crippen molar-refractivity contribution in [3.63, 3.8) is 0 Å². The number of nitrogens with zero attached hydrogens (tertiary/aromatic N) is 2. The summed E-state index contributed by atoms with van der Waals surface area (Å²) >= 11 is 0. The van der Waals surface area contributed by atoms with Crippen molar-refractivity contribution in [1.29, 1.82) is 0 Å². The molecule has 0 aliphatic carbocycles. The Hall–Kier alpha value is -1.87. The van der Waals surface area contributed by atoms with E-state index >= 15 is 0 Å². The first kappa shape index (κ1) is 14.5. The van der Waals surface area contributed by atoms with Gasteiger partial charge in [-0.25, -0.2) is 0 Å². The van der Waals surface area contributed by atoms with E-state index in [0.29, 0.717) is 6.04 Å². The Morgan fingerprint density at radius 1 is 1.20 bits per heavy atom. The normalized spacial score (nSPS) is 12.2. The number of para-hydroxylation sites is 1. The zero-order chi connectivity index (χ0) is 14.4. The molecule has 2 rings (SSSR count). The fraction of sp³-hybridized carbons (Fsp3) is 0.353. The van der Waals surface area contributed by atoms with Gasteiger partial charge in [-0.05, 0) is 36.7 Å². The number of anilines is 1. The van der Waals surface area contributed by atoms with Crippen LogP contribution in [0.4, 0.5) is 5.69 Å². The van der Waals surface area contributed by atoms with Gasteiger partial charge < -0.3 is 10.2 Å². The zero-order valence-electron chi connectivity index (χ0n) is 12.5. The van der Waals surface area contributed by atoms with E-state index in [0.717, 1.165) is 13.1 Å². The van der Waals surface area contributed by atoms with E-state index in [1.54, 1.807) is 0 Å². The molecule has 0 radical (unpaired) electrons. The van der Waals surface area contributed by atoms with Crippen LogP contribution in [0, 0.1) is 0 Å². The molecule has 0 bridgehead atoms. The first-order chi connectivity index (χ1) is 9.72. The van der Waals surface area contributed by atoms with Crippen molar-refractivity contribution >= 4 is 5.69 Å². The number of pyridine rings is 1. The smallest absolute Gasteiger partial charge is 0.0441 e. The standard InChI is InChI=1S/C17H23N3/c1-4-19-14(2)16-9-5-6-10-17(16)20(3)13-15-8-7-11-18-12-15/h5-12,14,19H,4,13H2,1-3H3. The van der Waals surface area contributed by atoms with Crippen LogP contribution in [0.2, 0.25) is 0 Å². The molecule has 2 aromatic rings. The second-order valence-electron chi connectivity index (χ2n) is 5.06. The molecule has 106 valence electrons. The zero-order valence-corrected chi connectivity index (χ0v) is 12.5. The second kappa shape index (κ2) is 7.06. The molecule has 0 amide bonds. The van der Waals surface area contributed by atoms with Crippen LogP contribution in [0.25, 0.3) is 0 Å². The van der Waals surface area contributed by atoms with Crippen molar-refractivity contribution in [3.05, 3.63) is 59.9 Å². The summed E-state index contributed by atoms with van der Waals surface area (Å²) in [6, 6.07) is 13.0. The quantitative estimate of drug-likeness (QED) is 0.871. The summed E-state index contributed by atoms with van der Waals surface area (Å²) in [7, 11) is 2.13. The van der Waals surface area contributed by atoms with Crippen LogP contribution in [0.3, 0.4) is 0 Å². The summed E-state index contributed by atoms with van der Waals surface area (Å²) in [5.74, 6) is 0. The molecule has 1 heterocycles. The molecule has 0 saturated heterocycles. The van der Waals surface area contributed by atoms with Crippen LogP contribution < -0.4 is 10.2 Å². The van der Waals surface area contributed by atoms with Crippen molar-refractivity contribution in [3.8, 4) is 0 Å². The molecule has 1 aromatic carbocycles. The Morgan fingerprint density at radius 2 is 2.00 bits per heavy atom. The third-order valence-electron chi connectivity index (χ3n) is 3.47. The SMILES string of the molecule is CCNC(C)c1ccccc1N(C)Cc1cccnc1. The van der Waals surface area contributed by atoms with Gasteiger partial charge in [0.1, 0.15) is 0 Å². The predicted molar refractivity (Wildman–Crippen MR) is 84.9 cm³/mol. The van der Waals surface area contributed by atoms with Crippen LogP contribution in [-0.4, -0.2) is 18.6 Å². The van der Waals surface area contributed by atoms with Gasteiger partial charge in [-0.3, -0.25) is 4.98 Å². The maximum absolute atomic E-state index is 4.18. The number of hydrogen-bond donors (Lipinski definition) is 1. The van der Waals surface area contributed by atoms with E-state index in [1.165, 1.54) is 16.8 Å². The Bertz CT molecular complexity index is 525. The predicted octanol–water partition coefficient (Wildman–Crippen LogP) is 3.39. The summed E-state index contributed by atoms with van der Waals surface area (Å²) in [5.41, 5.74) is 3.83. The molecule has 0 aliphatic heterocycles. The molecule has 1 unspecified atom stereocenters. The van der Waals surface area contributed by atoms with E-state index in [-0.39, 0.29) is 0 Å². The van der Waals surface area contributed by atoms with Gasteiger partial charge in [0.05, 0.1) is 0 Å². The van der Waals surface area contributed by atoms with Gasteiger partial charge >= 0.3 is 0 Å². The highest BCUT2D eigenvalue weighted by atomic mass is 15.1. The van der Waals surface area contributed by atoms with Gasteiger partial charge in [-0.2, -0.15) is 0 Å². The lowest BCUT2D eigenvalue weighted by Gasteiger charge is -2.25. The lowest BCUT2D eigenvalue weighted by molar-refractivity contribution is 0.597. The van der Waals surface area contributed by atoms with Crippen molar-refractivity contribution in [1.82, 2.24) is 10.3 Å². The lowest BCUT2D eigenvalue weighted by Crippen LogP contribution is -2.23. The van der Waals surface area contributed by atoms with Crippen LogP contribution in [-0.2, 0) is 6.54 Å². The number of aromatic nitrogens is 1. The molecule has 1 aromatic heterocycles. The molecular formula is C17H23N3. The molecule has 0 saturated carbocycles. The Labute approximate surface area is 121 Å². The molecule has 3 heteroatoms. The van der Waals surface area contributed by atoms with E-state index < -0.39 is 0 Å². The number of hydrogen-bond acceptors (Lipinski definition) is 3. The van der Waals surface area contributed by atoms with E-state index in [4.69, 9.17) is 0 Å². The van der Waals surface area contributed by atoms with Crippen LogP contribution in [0.5, 0.6) is 0 Å². The van der Waals surface area contributed by atoms with Gasteiger partial charge in [-0.1, -0.05) is 31.2 Å². The van der Waals surface area contributed by atoms with Crippen molar-refractivity contribution in [2.24, 2.45) is 0 Å². The third-order valence-corrected chi connectivity index (χ3v) is 3.47. The molecule has 1 atom stereocenters. The maximum Gasteiger partial charge on any atom is 0.0441 e. The second-order valence-corrected chi connectivity index (χ2v) is 5.06. The van der Waals surface area contributed by atoms with E-state index in [1.807, 2.05) is 18.5 Å². The summed E-state index contributed by atoms with van der Waals surface area (Å²) in [5, 5.41) is 3.48. The van der Waals surface area contributed by atoms with Crippen molar-refractivity contribution in [2.75, 3.05) is 18.5 Å². The lowest BCUT2D eigenvalue weighted by atomic mass is 10.0. The monoisotopic (exact) mass is 269 g/mol. The van der Waals surface area contributed by atoms with E-state index in [9.17, 15) is 0 Å². The minimum atomic E-state index is 0.354. The van der Waals surface area contributed by atoms with Gasteiger partial charge in [0.2, 0.25) is 0 Å². The molecule has 3 nitrogen and oxygen atoms in total. The molecule has 0 spiro atoms. The largest absolute Gasteiger partial charge is 0.370 e. The van der Waals surface area contributed by atoms with Gasteiger partial charge in [-0.15, -0.1) is 0 Å². The topological polar surface area (TPSA) is 28.2 Å². The minimum absolute atomic E-state index is 0.354. The molecular weight excluding hydrogens is 246 g/mol. The average molecular weight is 269 g/mol. The fourth-order valence-corrected chi connectivity index (χ4v) is 2.47. The first-order valence-electron chi connectivity index (χ1n) is 7.14. The Kier molecular flexibility index (Phi) is 5.13. The minimum Gasteiger partial charge on any atom is -0.370 e. The highest BCUT2D eigenvalue weighted by Crippen LogP contribution is 2.26. The Morgan fingerprint density at radius 3 is 2.70 bits per heavy atom.